The van der Waals surface area contributed by atoms with Crippen molar-refractivity contribution in [3.05, 3.63) is 35.7 Å². The van der Waals surface area contributed by atoms with Gasteiger partial charge in [0.05, 0.1) is 56.8 Å². The van der Waals surface area contributed by atoms with Gasteiger partial charge in [0.15, 0.2) is 9.84 Å². The van der Waals surface area contributed by atoms with Crippen molar-refractivity contribution in [3.63, 3.8) is 0 Å². The molecule has 0 unspecified atom stereocenters. The molecule has 10 heteroatoms. The molecule has 0 saturated carbocycles. The van der Waals surface area contributed by atoms with E-state index in [4.69, 9.17) is 25.7 Å². The second-order valence-corrected chi connectivity index (χ2v) is 7.54. The molecular formula is C17H27N3O6S. The van der Waals surface area contributed by atoms with Gasteiger partial charge in [-0.25, -0.2) is 8.42 Å². The van der Waals surface area contributed by atoms with Crippen LogP contribution >= 0.6 is 0 Å². The van der Waals surface area contributed by atoms with Crippen LogP contribution in [0.2, 0.25) is 0 Å². The standard InChI is InChI=1S/C17H27N3O6S/c1-2-27(22,23)12-11-26-10-9-25-8-7-24-6-5-20-17(21)14-3-4-15(18)16(19)13-14/h2-4,13H,1,5-12,18-19H2,(H,20,21). The molecule has 0 bridgehead atoms. The Balaban J connectivity index is 1.96. The molecule has 0 spiro atoms. The van der Waals surface area contributed by atoms with E-state index in [0.29, 0.717) is 56.5 Å². The summed E-state index contributed by atoms with van der Waals surface area (Å²) in [5.41, 5.74) is 12.5. The number of nitrogen functional groups attached to an aromatic ring is 2. The largest absolute Gasteiger partial charge is 0.397 e. The Hall–Kier alpha value is -2.14. The Morgan fingerprint density at radius 2 is 1.59 bits per heavy atom. The van der Waals surface area contributed by atoms with Crippen molar-refractivity contribution in [3.8, 4) is 0 Å². The summed E-state index contributed by atoms with van der Waals surface area (Å²) in [6, 6.07) is 4.71. The first kappa shape index (κ1) is 22.9. The molecule has 9 nitrogen and oxygen atoms in total. The normalized spacial score (nSPS) is 11.3. The molecule has 0 radical (unpaired) electrons. The fourth-order valence-electron chi connectivity index (χ4n) is 1.86. The number of sulfone groups is 1. The van der Waals surface area contributed by atoms with Crippen LogP contribution in [0.25, 0.3) is 0 Å². The number of anilines is 2. The summed E-state index contributed by atoms with van der Waals surface area (Å²) in [7, 11) is -3.22. The van der Waals surface area contributed by atoms with Crippen LogP contribution in [0.15, 0.2) is 30.2 Å². The second kappa shape index (κ2) is 12.3. The van der Waals surface area contributed by atoms with Gasteiger partial charge in [-0.05, 0) is 18.2 Å². The molecule has 0 heterocycles. The third kappa shape index (κ3) is 9.94. The lowest BCUT2D eigenvalue weighted by atomic mass is 10.1. The van der Waals surface area contributed by atoms with Crippen molar-refractivity contribution in [2.45, 2.75) is 0 Å². The van der Waals surface area contributed by atoms with Gasteiger partial charge in [-0.15, -0.1) is 0 Å². The summed E-state index contributed by atoms with van der Waals surface area (Å²) in [5.74, 6) is -0.342. The molecule has 0 fully saturated rings. The summed E-state index contributed by atoms with van der Waals surface area (Å²) in [4.78, 5) is 11.9. The van der Waals surface area contributed by atoms with Crippen LogP contribution in [-0.2, 0) is 24.0 Å². The zero-order valence-electron chi connectivity index (χ0n) is 15.2. The van der Waals surface area contributed by atoms with Crippen molar-refractivity contribution in [1.82, 2.24) is 5.32 Å². The summed E-state index contributed by atoms with van der Waals surface area (Å²) >= 11 is 0. The molecule has 0 saturated heterocycles. The van der Waals surface area contributed by atoms with Crippen LogP contribution < -0.4 is 16.8 Å². The molecule has 1 aromatic rings. The fourth-order valence-corrected chi connectivity index (χ4v) is 2.37. The molecule has 1 rings (SSSR count). The third-order valence-corrected chi connectivity index (χ3v) is 4.63. The average molecular weight is 401 g/mol. The monoisotopic (exact) mass is 401 g/mol. The summed E-state index contributed by atoms with van der Waals surface area (Å²) in [5, 5.41) is 3.63. The Kier molecular flexibility index (Phi) is 10.4. The number of amides is 1. The van der Waals surface area contributed by atoms with Gasteiger partial charge in [0.1, 0.15) is 0 Å². The fraction of sp³-hybridized carbons (Fsp3) is 0.471. The zero-order chi connectivity index (χ0) is 20.1. The van der Waals surface area contributed by atoms with Crippen molar-refractivity contribution >= 4 is 27.1 Å². The molecule has 0 aliphatic heterocycles. The van der Waals surface area contributed by atoms with E-state index in [1.165, 1.54) is 6.07 Å². The highest BCUT2D eigenvalue weighted by molar-refractivity contribution is 7.94. The van der Waals surface area contributed by atoms with Crippen LogP contribution in [-0.4, -0.2) is 66.3 Å². The van der Waals surface area contributed by atoms with E-state index in [-0.39, 0.29) is 18.3 Å². The first-order valence-electron chi connectivity index (χ1n) is 8.37. The summed E-state index contributed by atoms with van der Waals surface area (Å²) < 4.78 is 38.0. The number of hydrogen-bond acceptors (Lipinski definition) is 8. The van der Waals surface area contributed by atoms with Crippen LogP contribution in [0.3, 0.4) is 0 Å². The van der Waals surface area contributed by atoms with E-state index in [1.54, 1.807) is 12.1 Å². The van der Waals surface area contributed by atoms with E-state index in [1.807, 2.05) is 0 Å². The van der Waals surface area contributed by atoms with Crippen LogP contribution in [0.5, 0.6) is 0 Å². The summed E-state index contributed by atoms with van der Waals surface area (Å²) in [6.45, 7) is 5.40. The number of carbonyl (C=O) groups is 1. The molecule has 1 amide bonds. The number of ether oxygens (including phenoxy) is 3. The maximum absolute atomic E-state index is 11.9. The van der Waals surface area contributed by atoms with Gasteiger partial charge in [0, 0.05) is 17.5 Å². The molecule has 0 aromatic heterocycles. The number of hydrogen-bond donors (Lipinski definition) is 3. The van der Waals surface area contributed by atoms with Crippen molar-refractivity contribution < 1.29 is 27.4 Å². The minimum atomic E-state index is -3.22. The lowest BCUT2D eigenvalue weighted by Gasteiger charge is -2.08. The minimum absolute atomic E-state index is 0.0890. The summed E-state index contributed by atoms with van der Waals surface area (Å²) in [6.07, 6.45) is 0. The van der Waals surface area contributed by atoms with Gasteiger partial charge >= 0.3 is 0 Å². The highest BCUT2D eigenvalue weighted by Gasteiger charge is 2.06. The molecule has 0 aliphatic rings. The van der Waals surface area contributed by atoms with Gasteiger partial charge in [-0.3, -0.25) is 4.79 Å². The third-order valence-electron chi connectivity index (χ3n) is 3.39. The van der Waals surface area contributed by atoms with E-state index < -0.39 is 9.84 Å². The maximum Gasteiger partial charge on any atom is 0.251 e. The van der Waals surface area contributed by atoms with Crippen molar-refractivity contribution in [2.75, 3.05) is 63.4 Å². The molecule has 5 N–H and O–H groups in total. The smallest absolute Gasteiger partial charge is 0.251 e. The Morgan fingerprint density at radius 3 is 2.19 bits per heavy atom. The van der Waals surface area contributed by atoms with Gasteiger partial charge < -0.3 is 31.0 Å². The van der Waals surface area contributed by atoms with Gasteiger partial charge in [-0.1, -0.05) is 6.58 Å². The lowest BCUT2D eigenvalue weighted by molar-refractivity contribution is 0.0179. The van der Waals surface area contributed by atoms with Gasteiger partial charge in [0.25, 0.3) is 5.91 Å². The highest BCUT2D eigenvalue weighted by atomic mass is 32.2. The first-order chi connectivity index (χ1) is 12.9. The van der Waals surface area contributed by atoms with E-state index in [9.17, 15) is 13.2 Å². The topological polar surface area (TPSA) is 143 Å². The quantitative estimate of drug-likeness (QED) is 0.296. The molecule has 152 valence electrons. The van der Waals surface area contributed by atoms with Crippen molar-refractivity contribution in [2.24, 2.45) is 0 Å². The minimum Gasteiger partial charge on any atom is -0.397 e. The molecular weight excluding hydrogens is 374 g/mol. The van der Waals surface area contributed by atoms with Crippen LogP contribution in [0, 0.1) is 0 Å². The molecule has 0 aliphatic carbocycles. The van der Waals surface area contributed by atoms with E-state index in [0.717, 1.165) is 5.41 Å². The average Bonchev–Trinajstić information content (AvgIpc) is 2.64. The SMILES string of the molecule is C=CS(=O)(=O)CCOCCOCCOCCNC(=O)c1ccc(N)c(N)c1. The van der Waals surface area contributed by atoms with Gasteiger partial charge in [-0.2, -0.15) is 0 Å². The number of nitrogens with two attached hydrogens (primary N) is 2. The lowest BCUT2D eigenvalue weighted by Crippen LogP contribution is -2.27. The molecule has 1 aromatic carbocycles. The van der Waals surface area contributed by atoms with Crippen molar-refractivity contribution in [1.29, 1.82) is 0 Å². The van der Waals surface area contributed by atoms with Crippen LogP contribution in [0.1, 0.15) is 10.4 Å². The van der Waals surface area contributed by atoms with Gasteiger partial charge in [0.2, 0.25) is 0 Å². The molecule has 0 atom stereocenters. The van der Waals surface area contributed by atoms with Crippen LogP contribution in [0.4, 0.5) is 11.4 Å². The Bertz CT molecular complexity index is 709. The first-order valence-corrected chi connectivity index (χ1v) is 10.1. The van der Waals surface area contributed by atoms with E-state index >= 15 is 0 Å². The molecule has 27 heavy (non-hydrogen) atoms. The predicted molar refractivity (Wildman–Crippen MR) is 104 cm³/mol. The Labute approximate surface area is 159 Å². The second-order valence-electron chi connectivity index (χ2n) is 5.47. The number of nitrogens with one attached hydrogen (secondary N) is 1. The number of rotatable bonds is 14. The van der Waals surface area contributed by atoms with E-state index in [2.05, 4.69) is 11.9 Å². The highest BCUT2D eigenvalue weighted by Crippen LogP contribution is 2.15. The predicted octanol–water partition coefficient (Wildman–Crippen LogP) is 0.189. The Morgan fingerprint density at radius 1 is 1.00 bits per heavy atom. The number of benzene rings is 1. The zero-order valence-corrected chi connectivity index (χ0v) is 16.0. The maximum atomic E-state index is 11.9. The number of carbonyl (C=O) groups excluding carboxylic acids is 1.